The molecular weight excluding hydrogens is 297 g/mol. The van der Waals surface area contributed by atoms with Gasteiger partial charge in [-0.25, -0.2) is 4.39 Å². The summed E-state index contributed by atoms with van der Waals surface area (Å²) in [6.45, 7) is 1.99. The largest absolute Gasteiger partial charge is 0.253 e. The average molecular weight is 313 g/mol. The summed E-state index contributed by atoms with van der Waals surface area (Å²) >= 11 is 0. The molecule has 2 heteroatoms. The molecule has 24 heavy (non-hydrogen) atoms. The summed E-state index contributed by atoms with van der Waals surface area (Å²) in [5, 5.41) is 1.12. The van der Waals surface area contributed by atoms with Crippen LogP contribution in [0.5, 0.6) is 0 Å². The summed E-state index contributed by atoms with van der Waals surface area (Å²) in [5.74, 6) is -0.225. The minimum atomic E-state index is -0.225. The van der Waals surface area contributed by atoms with Crippen molar-refractivity contribution in [2.45, 2.75) is 6.92 Å². The Hall–Kier alpha value is -3.00. The maximum Gasteiger partial charge on any atom is 0.123 e. The third kappa shape index (κ3) is 2.67. The van der Waals surface area contributed by atoms with Crippen LogP contribution < -0.4 is 0 Å². The third-order valence-electron chi connectivity index (χ3n) is 4.21. The lowest BCUT2D eigenvalue weighted by molar-refractivity contribution is 0.628. The quantitative estimate of drug-likeness (QED) is 0.441. The van der Waals surface area contributed by atoms with Crippen molar-refractivity contribution < 1.29 is 4.39 Å². The standard InChI is InChI=1S/C22H16FN/c1-15-7-12-20-21(17-5-3-2-4-6-17)13-18(14-22(20)24-15)16-8-10-19(23)11-9-16/h2-14H,1H3. The van der Waals surface area contributed by atoms with Gasteiger partial charge in [0.15, 0.2) is 0 Å². The minimum absolute atomic E-state index is 0.225. The van der Waals surface area contributed by atoms with Crippen LogP contribution in [0.4, 0.5) is 4.39 Å². The van der Waals surface area contributed by atoms with Crippen molar-refractivity contribution in [1.82, 2.24) is 4.98 Å². The zero-order valence-corrected chi connectivity index (χ0v) is 13.3. The lowest BCUT2D eigenvalue weighted by Gasteiger charge is -2.11. The first-order valence-corrected chi connectivity index (χ1v) is 7.93. The smallest absolute Gasteiger partial charge is 0.123 e. The van der Waals surface area contributed by atoms with Crippen molar-refractivity contribution in [2.24, 2.45) is 0 Å². The number of halogens is 1. The van der Waals surface area contributed by atoms with Gasteiger partial charge in [0.1, 0.15) is 5.82 Å². The topological polar surface area (TPSA) is 12.9 Å². The molecule has 0 bridgehead atoms. The Morgan fingerprint density at radius 3 is 2.21 bits per heavy atom. The van der Waals surface area contributed by atoms with E-state index in [0.29, 0.717) is 0 Å². The maximum atomic E-state index is 13.2. The van der Waals surface area contributed by atoms with E-state index in [0.717, 1.165) is 38.9 Å². The number of aromatic nitrogens is 1. The predicted octanol–water partition coefficient (Wildman–Crippen LogP) is 6.02. The fourth-order valence-electron chi connectivity index (χ4n) is 3.00. The van der Waals surface area contributed by atoms with E-state index in [9.17, 15) is 4.39 Å². The zero-order chi connectivity index (χ0) is 16.5. The second-order valence-electron chi connectivity index (χ2n) is 5.92. The summed E-state index contributed by atoms with van der Waals surface area (Å²) in [7, 11) is 0. The van der Waals surface area contributed by atoms with Gasteiger partial charge >= 0.3 is 0 Å². The molecule has 4 aromatic rings. The highest BCUT2D eigenvalue weighted by Gasteiger charge is 2.09. The normalized spacial score (nSPS) is 10.9. The first kappa shape index (κ1) is 14.6. The molecule has 0 N–H and O–H groups in total. The van der Waals surface area contributed by atoms with Crippen LogP contribution in [0.1, 0.15) is 5.69 Å². The second-order valence-corrected chi connectivity index (χ2v) is 5.92. The third-order valence-corrected chi connectivity index (χ3v) is 4.21. The molecule has 0 radical (unpaired) electrons. The first-order valence-electron chi connectivity index (χ1n) is 7.93. The lowest BCUT2D eigenvalue weighted by atomic mass is 9.95. The molecule has 1 aromatic heterocycles. The van der Waals surface area contributed by atoms with Crippen LogP contribution in [-0.2, 0) is 0 Å². The van der Waals surface area contributed by atoms with Gasteiger partial charge in [0.05, 0.1) is 5.52 Å². The van der Waals surface area contributed by atoms with Crippen molar-refractivity contribution in [3.05, 3.63) is 90.4 Å². The molecule has 0 aliphatic carbocycles. The average Bonchev–Trinajstić information content (AvgIpc) is 2.62. The number of benzene rings is 3. The van der Waals surface area contributed by atoms with Gasteiger partial charge in [-0.15, -0.1) is 0 Å². The number of fused-ring (bicyclic) bond motifs is 1. The van der Waals surface area contributed by atoms with Crippen LogP contribution in [0.15, 0.2) is 78.9 Å². The van der Waals surface area contributed by atoms with E-state index in [1.54, 1.807) is 12.1 Å². The number of pyridine rings is 1. The molecular formula is C22H16FN. The van der Waals surface area contributed by atoms with Crippen molar-refractivity contribution in [2.75, 3.05) is 0 Å². The summed E-state index contributed by atoms with van der Waals surface area (Å²) in [4.78, 5) is 4.69. The van der Waals surface area contributed by atoms with Crippen molar-refractivity contribution >= 4 is 10.9 Å². The van der Waals surface area contributed by atoms with Gasteiger partial charge in [-0.05, 0) is 59.5 Å². The van der Waals surface area contributed by atoms with E-state index in [1.165, 1.54) is 12.1 Å². The molecule has 0 saturated heterocycles. The monoisotopic (exact) mass is 313 g/mol. The molecule has 1 heterocycles. The highest BCUT2D eigenvalue weighted by molar-refractivity contribution is 5.98. The summed E-state index contributed by atoms with van der Waals surface area (Å²) in [5.41, 5.74) is 6.25. The van der Waals surface area contributed by atoms with Crippen LogP contribution in [0.2, 0.25) is 0 Å². The lowest BCUT2D eigenvalue weighted by Crippen LogP contribution is -1.89. The Kier molecular flexibility index (Phi) is 3.58. The maximum absolute atomic E-state index is 13.2. The van der Waals surface area contributed by atoms with E-state index >= 15 is 0 Å². The summed E-state index contributed by atoms with van der Waals surface area (Å²) in [6.07, 6.45) is 0. The number of nitrogens with zero attached hydrogens (tertiary/aromatic N) is 1. The highest BCUT2D eigenvalue weighted by Crippen LogP contribution is 2.33. The molecule has 0 spiro atoms. The Bertz CT molecular complexity index is 1010. The van der Waals surface area contributed by atoms with Gasteiger partial charge < -0.3 is 0 Å². The van der Waals surface area contributed by atoms with Gasteiger partial charge in [-0.3, -0.25) is 4.98 Å². The van der Waals surface area contributed by atoms with Crippen molar-refractivity contribution in [1.29, 1.82) is 0 Å². The molecule has 0 atom stereocenters. The fourth-order valence-corrected chi connectivity index (χ4v) is 3.00. The van der Waals surface area contributed by atoms with E-state index in [-0.39, 0.29) is 5.82 Å². The second kappa shape index (κ2) is 5.89. The first-order chi connectivity index (χ1) is 11.7. The van der Waals surface area contributed by atoms with Crippen LogP contribution >= 0.6 is 0 Å². The van der Waals surface area contributed by atoms with Crippen molar-refractivity contribution in [3.8, 4) is 22.3 Å². The molecule has 0 saturated carbocycles. The number of aryl methyl sites for hydroxylation is 1. The molecule has 0 fully saturated rings. The predicted molar refractivity (Wildman–Crippen MR) is 97.3 cm³/mol. The molecule has 0 unspecified atom stereocenters. The Labute approximate surface area is 140 Å². The summed E-state index contributed by atoms with van der Waals surface area (Å²) in [6, 6.07) is 25.3. The number of hydrogen-bond acceptors (Lipinski definition) is 1. The van der Waals surface area contributed by atoms with E-state index in [1.807, 2.05) is 31.2 Å². The van der Waals surface area contributed by atoms with Crippen LogP contribution in [0, 0.1) is 12.7 Å². The summed E-state index contributed by atoms with van der Waals surface area (Å²) < 4.78 is 13.2. The zero-order valence-electron chi connectivity index (χ0n) is 13.3. The van der Waals surface area contributed by atoms with Crippen LogP contribution in [-0.4, -0.2) is 4.98 Å². The molecule has 4 rings (SSSR count). The van der Waals surface area contributed by atoms with Crippen LogP contribution in [0.3, 0.4) is 0 Å². The molecule has 116 valence electrons. The van der Waals surface area contributed by atoms with Gasteiger partial charge in [0.2, 0.25) is 0 Å². The van der Waals surface area contributed by atoms with Gasteiger partial charge in [-0.2, -0.15) is 0 Å². The molecule has 0 amide bonds. The van der Waals surface area contributed by atoms with Gasteiger partial charge in [0, 0.05) is 11.1 Å². The van der Waals surface area contributed by atoms with Gasteiger partial charge in [0.25, 0.3) is 0 Å². The van der Waals surface area contributed by atoms with E-state index < -0.39 is 0 Å². The molecule has 0 aliphatic rings. The molecule has 3 aromatic carbocycles. The minimum Gasteiger partial charge on any atom is -0.253 e. The molecule has 0 aliphatic heterocycles. The SMILES string of the molecule is Cc1ccc2c(-c3ccccc3)cc(-c3ccc(F)cc3)cc2n1. The van der Waals surface area contributed by atoms with E-state index in [4.69, 9.17) is 4.98 Å². The van der Waals surface area contributed by atoms with E-state index in [2.05, 4.69) is 30.3 Å². The van der Waals surface area contributed by atoms with Gasteiger partial charge in [-0.1, -0.05) is 48.5 Å². The fraction of sp³-hybridized carbons (Fsp3) is 0.0455. The Morgan fingerprint density at radius 2 is 1.46 bits per heavy atom. The molecule has 1 nitrogen and oxygen atoms in total. The number of hydrogen-bond donors (Lipinski definition) is 0. The Balaban J connectivity index is 2.01. The highest BCUT2D eigenvalue weighted by atomic mass is 19.1. The van der Waals surface area contributed by atoms with Crippen LogP contribution in [0.25, 0.3) is 33.2 Å². The Morgan fingerprint density at radius 1 is 0.708 bits per heavy atom. The number of rotatable bonds is 2. The van der Waals surface area contributed by atoms with Crippen molar-refractivity contribution in [3.63, 3.8) is 0 Å².